The first-order chi connectivity index (χ1) is 11.3. The number of thiophene rings is 1. The molecule has 0 atom stereocenters. The Bertz CT molecular complexity index is 687. The number of rotatable bonds is 6. The SMILES string of the molecule is CCN(CC(=O)NC(C)(C)C)C(=O)Cc1csc(-c2ccsc2)n1. The molecule has 0 aliphatic heterocycles. The van der Waals surface area contributed by atoms with E-state index in [1.807, 2.05) is 49.9 Å². The van der Waals surface area contributed by atoms with Crippen molar-refractivity contribution in [3.05, 3.63) is 27.9 Å². The number of nitrogens with one attached hydrogen (secondary N) is 1. The number of thiazole rings is 1. The van der Waals surface area contributed by atoms with Crippen LogP contribution in [-0.4, -0.2) is 40.3 Å². The third-order valence-electron chi connectivity index (χ3n) is 3.24. The van der Waals surface area contributed by atoms with E-state index in [9.17, 15) is 9.59 Å². The summed E-state index contributed by atoms with van der Waals surface area (Å²) in [5.74, 6) is -0.223. The molecule has 130 valence electrons. The van der Waals surface area contributed by atoms with Crippen molar-refractivity contribution in [2.75, 3.05) is 13.1 Å². The van der Waals surface area contributed by atoms with Gasteiger partial charge in [0.2, 0.25) is 11.8 Å². The zero-order valence-electron chi connectivity index (χ0n) is 14.5. The second-order valence-corrected chi connectivity index (χ2v) is 8.18. The van der Waals surface area contributed by atoms with Gasteiger partial charge in [-0.15, -0.1) is 11.3 Å². The number of carbonyl (C=O) groups is 2. The summed E-state index contributed by atoms with van der Waals surface area (Å²) in [5, 5.41) is 9.76. The maximum absolute atomic E-state index is 12.5. The van der Waals surface area contributed by atoms with Crippen LogP contribution in [0.4, 0.5) is 0 Å². The van der Waals surface area contributed by atoms with Crippen molar-refractivity contribution in [3.63, 3.8) is 0 Å². The van der Waals surface area contributed by atoms with E-state index < -0.39 is 0 Å². The van der Waals surface area contributed by atoms with E-state index in [2.05, 4.69) is 10.3 Å². The lowest BCUT2D eigenvalue weighted by Gasteiger charge is -2.25. The molecule has 2 aromatic rings. The van der Waals surface area contributed by atoms with Gasteiger partial charge in [-0.25, -0.2) is 4.98 Å². The van der Waals surface area contributed by atoms with Gasteiger partial charge in [-0.3, -0.25) is 9.59 Å². The Morgan fingerprint density at radius 1 is 1.29 bits per heavy atom. The highest BCUT2D eigenvalue weighted by molar-refractivity contribution is 7.14. The van der Waals surface area contributed by atoms with E-state index in [1.54, 1.807) is 16.2 Å². The predicted molar refractivity (Wildman–Crippen MR) is 99.3 cm³/mol. The highest BCUT2D eigenvalue weighted by atomic mass is 32.1. The highest BCUT2D eigenvalue weighted by Crippen LogP contribution is 2.25. The Labute approximate surface area is 150 Å². The van der Waals surface area contributed by atoms with Gasteiger partial charge in [0.25, 0.3) is 0 Å². The summed E-state index contributed by atoms with van der Waals surface area (Å²) in [7, 11) is 0. The van der Waals surface area contributed by atoms with Crippen LogP contribution in [0.3, 0.4) is 0 Å². The Morgan fingerprint density at radius 2 is 2.04 bits per heavy atom. The monoisotopic (exact) mass is 365 g/mol. The first-order valence-corrected chi connectivity index (χ1v) is 9.66. The standard InChI is InChI=1S/C17H23N3O2S2/c1-5-20(9-14(21)19-17(2,3)4)15(22)8-13-11-24-16(18-13)12-6-7-23-10-12/h6-7,10-11H,5,8-9H2,1-4H3,(H,19,21). The maximum atomic E-state index is 12.5. The van der Waals surface area contributed by atoms with Crippen LogP contribution in [0, 0.1) is 0 Å². The summed E-state index contributed by atoms with van der Waals surface area (Å²) in [6.45, 7) is 8.21. The molecular formula is C17H23N3O2S2. The first kappa shape index (κ1) is 18.6. The second kappa shape index (κ2) is 7.90. The van der Waals surface area contributed by atoms with Crippen molar-refractivity contribution in [3.8, 4) is 10.6 Å². The maximum Gasteiger partial charge on any atom is 0.240 e. The summed E-state index contributed by atoms with van der Waals surface area (Å²) < 4.78 is 0. The fourth-order valence-electron chi connectivity index (χ4n) is 2.18. The predicted octanol–water partition coefficient (Wildman–Crippen LogP) is 3.18. The molecule has 7 heteroatoms. The number of nitrogens with zero attached hydrogens (tertiary/aromatic N) is 2. The van der Waals surface area contributed by atoms with Gasteiger partial charge in [-0.1, -0.05) is 0 Å². The molecule has 2 amide bonds. The molecule has 0 saturated heterocycles. The van der Waals surface area contributed by atoms with Gasteiger partial charge in [0, 0.05) is 28.4 Å². The van der Waals surface area contributed by atoms with Crippen molar-refractivity contribution in [1.82, 2.24) is 15.2 Å². The number of amides is 2. The summed E-state index contributed by atoms with van der Waals surface area (Å²) in [5.41, 5.74) is 1.53. The largest absolute Gasteiger partial charge is 0.350 e. The zero-order valence-corrected chi connectivity index (χ0v) is 16.1. The van der Waals surface area contributed by atoms with Crippen LogP contribution in [0.2, 0.25) is 0 Å². The van der Waals surface area contributed by atoms with Crippen molar-refractivity contribution >= 4 is 34.5 Å². The van der Waals surface area contributed by atoms with E-state index in [0.29, 0.717) is 6.54 Å². The third-order valence-corrected chi connectivity index (χ3v) is 4.86. The van der Waals surface area contributed by atoms with Crippen LogP contribution in [-0.2, 0) is 16.0 Å². The van der Waals surface area contributed by atoms with Gasteiger partial charge >= 0.3 is 0 Å². The number of hydrogen-bond acceptors (Lipinski definition) is 5. The van der Waals surface area contributed by atoms with E-state index in [4.69, 9.17) is 0 Å². The van der Waals surface area contributed by atoms with Crippen molar-refractivity contribution in [2.24, 2.45) is 0 Å². The van der Waals surface area contributed by atoms with Gasteiger partial charge in [0.15, 0.2) is 0 Å². The lowest BCUT2D eigenvalue weighted by molar-refractivity contribution is -0.135. The molecule has 0 radical (unpaired) electrons. The summed E-state index contributed by atoms with van der Waals surface area (Å²) in [6.07, 6.45) is 0.220. The minimum atomic E-state index is -0.302. The van der Waals surface area contributed by atoms with Crippen LogP contribution < -0.4 is 5.32 Å². The average molecular weight is 366 g/mol. The lowest BCUT2D eigenvalue weighted by Crippen LogP contribution is -2.47. The molecule has 0 spiro atoms. The Morgan fingerprint density at radius 3 is 2.62 bits per heavy atom. The van der Waals surface area contributed by atoms with E-state index in [0.717, 1.165) is 16.3 Å². The van der Waals surface area contributed by atoms with Crippen molar-refractivity contribution < 1.29 is 9.59 Å². The lowest BCUT2D eigenvalue weighted by atomic mass is 10.1. The Hall–Kier alpha value is -1.73. The molecule has 0 aliphatic carbocycles. The fourth-order valence-corrected chi connectivity index (χ4v) is 3.71. The first-order valence-electron chi connectivity index (χ1n) is 7.84. The smallest absolute Gasteiger partial charge is 0.240 e. The quantitative estimate of drug-likeness (QED) is 0.855. The Kier molecular flexibility index (Phi) is 6.12. The van der Waals surface area contributed by atoms with Crippen molar-refractivity contribution in [1.29, 1.82) is 0 Å². The molecule has 0 bridgehead atoms. The Balaban J connectivity index is 1.95. The van der Waals surface area contributed by atoms with Crippen LogP contribution in [0.5, 0.6) is 0 Å². The minimum absolute atomic E-state index is 0.0775. The third kappa shape index (κ3) is 5.42. The number of carbonyl (C=O) groups excluding carboxylic acids is 2. The normalized spacial score (nSPS) is 11.3. The number of aromatic nitrogens is 1. The molecule has 0 saturated carbocycles. The van der Waals surface area contributed by atoms with Gasteiger partial charge in [-0.2, -0.15) is 11.3 Å². The van der Waals surface area contributed by atoms with E-state index in [-0.39, 0.29) is 30.3 Å². The van der Waals surface area contributed by atoms with Gasteiger partial charge in [0.05, 0.1) is 18.7 Å². The summed E-state index contributed by atoms with van der Waals surface area (Å²) in [6, 6.07) is 2.02. The second-order valence-electron chi connectivity index (χ2n) is 6.54. The summed E-state index contributed by atoms with van der Waals surface area (Å²) >= 11 is 3.16. The van der Waals surface area contributed by atoms with Crippen LogP contribution in [0.1, 0.15) is 33.4 Å². The minimum Gasteiger partial charge on any atom is -0.350 e. The molecular weight excluding hydrogens is 342 g/mol. The highest BCUT2D eigenvalue weighted by Gasteiger charge is 2.20. The average Bonchev–Trinajstić information content (AvgIpc) is 3.13. The molecule has 0 aliphatic rings. The zero-order chi connectivity index (χ0) is 17.7. The van der Waals surface area contributed by atoms with Crippen LogP contribution >= 0.6 is 22.7 Å². The topological polar surface area (TPSA) is 62.3 Å². The molecule has 5 nitrogen and oxygen atoms in total. The van der Waals surface area contributed by atoms with E-state index >= 15 is 0 Å². The molecule has 0 aromatic carbocycles. The molecule has 2 aromatic heterocycles. The van der Waals surface area contributed by atoms with Gasteiger partial charge in [0.1, 0.15) is 5.01 Å². The van der Waals surface area contributed by atoms with Crippen LogP contribution in [0.15, 0.2) is 22.2 Å². The molecule has 0 fully saturated rings. The van der Waals surface area contributed by atoms with Crippen molar-refractivity contribution in [2.45, 2.75) is 39.7 Å². The van der Waals surface area contributed by atoms with Crippen LogP contribution in [0.25, 0.3) is 10.6 Å². The summed E-state index contributed by atoms with van der Waals surface area (Å²) in [4.78, 5) is 30.6. The molecule has 24 heavy (non-hydrogen) atoms. The van der Waals surface area contributed by atoms with Gasteiger partial charge in [-0.05, 0) is 39.1 Å². The number of hydrogen-bond donors (Lipinski definition) is 1. The molecule has 2 heterocycles. The molecule has 0 unspecified atom stereocenters. The van der Waals surface area contributed by atoms with E-state index in [1.165, 1.54) is 11.3 Å². The van der Waals surface area contributed by atoms with Gasteiger partial charge < -0.3 is 10.2 Å². The number of likely N-dealkylation sites (N-methyl/N-ethyl adjacent to an activating group) is 1. The molecule has 1 N–H and O–H groups in total. The molecule has 2 rings (SSSR count). The fraction of sp³-hybridized carbons (Fsp3) is 0.471.